The van der Waals surface area contributed by atoms with E-state index in [9.17, 15) is 9.59 Å². The zero-order chi connectivity index (χ0) is 29.6. The summed E-state index contributed by atoms with van der Waals surface area (Å²) in [5, 5.41) is 5.82. The molecular formula is C36H41N3O3. The summed E-state index contributed by atoms with van der Waals surface area (Å²) in [6.45, 7) is 4.81. The minimum Gasteiger partial charge on any atom is -0.494 e. The first-order valence-corrected chi connectivity index (χ1v) is 15.1. The molecule has 1 amide bonds. The van der Waals surface area contributed by atoms with Crippen molar-refractivity contribution in [2.45, 2.75) is 65.2 Å². The van der Waals surface area contributed by atoms with Gasteiger partial charge < -0.3 is 4.74 Å². The van der Waals surface area contributed by atoms with Gasteiger partial charge in [0.2, 0.25) is 0 Å². The first-order chi connectivity index (χ1) is 20.5. The van der Waals surface area contributed by atoms with E-state index in [0.29, 0.717) is 17.0 Å². The molecule has 6 nitrogen and oxygen atoms in total. The van der Waals surface area contributed by atoms with Crippen molar-refractivity contribution in [3.63, 3.8) is 0 Å². The first kappa shape index (κ1) is 30.6. The fourth-order valence-corrected chi connectivity index (χ4v) is 4.75. The lowest BCUT2D eigenvalue weighted by molar-refractivity contribution is -0.118. The maximum absolute atomic E-state index is 12.9. The van der Waals surface area contributed by atoms with Gasteiger partial charge in [0.1, 0.15) is 11.7 Å². The Hall–Kier alpha value is -4.32. The van der Waals surface area contributed by atoms with Crippen LogP contribution >= 0.6 is 0 Å². The van der Waals surface area contributed by atoms with Crippen LogP contribution in [0, 0.1) is 5.92 Å². The Bertz CT molecular complexity index is 1380. The van der Waals surface area contributed by atoms with Gasteiger partial charge in [0.15, 0.2) is 5.78 Å². The lowest BCUT2D eigenvalue weighted by atomic mass is 10.1. The van der Waals surface area contributed by atoms with E-state index in [4.69, 9.17) is 4.74 Å². The lowest BCUT2D eigenvalue weighted by Crippen LogP contribution is -2.27. The van der Waals surface area contributed by atoms with Crippen LogP contribution in [0.2, 0.25) is 0 Å². The van der Waals surface area contributed by atoms with Gasteiger partial charge in [0, 0.05) is 11.8 Å². The van der Waals surface area contributed by atoms with Crippen LogP contribution in [0.25, 0.3) is 6.08 Å². The summed E-state index contributed by atoms with van der Waals surface area (Å²) in [5.74, 6) is 0.109. The number of amides is 1. The highest BCUT2D eigenvalue weighted by Crippen LogP contribution is 2.24. The molecule has 3 aromatic rings. The van der Waals surface area contributed by atoms with Crippen LogP contribution < -0.4 is 9.75 Å². The SMILES string of the molecule is CCCCCCCCCCOc1ccc(/C=C/C(=O)c2ccc(N=CC3C(=O)N(c4ccccc4)N=C3C)cc2)cc1. The van der Waals surface area contributed by atoms with Crippen molar-refractivity contribution in [1.29, 1.82) is 0 Å². The number of unbranched alkanes of at least 4 members (excludes halogenated alkanes) is 7. The van der Waals surface area contributed by atoms with E-state index in [1.54, 1.807) is 36.6 Å². The predicted molar refractivity (Wildman–Crippen MR) is 173 cm³/mol. The molecule has 218 valence electrons. The second kappa shape index (κ2) is 16.2. The number of hydrogen-bond donors (Lipinski definition) is 0. The van der Waals surface area contributed by atoms with Gasteiger partial charge in [-0.3, -0.25) is 14.6 Å². The van der Waals surface area contributed by atoms with Crippen LogP contribution in [-0.2, 0) is 4.79 Å². The molecule has 0 fully saturated rings. The van der Waals surface area contributed by atoms with E-state index in [1.807, 2.05) is 67.6 Å². The van der Waals surface area contributed by atoms with Crippen molar-refractivity contribution < 1.29 is 14.3 Å². The van der Waals surface area contributed by atoms with Crippen molar-refractivity contribution in [2.24, 2.45) is 16.0 Å². The summed E-state index contributed by atoms with van der Waals surface area (Å²) in [7, 11) is 0. The number of allylic oxidation sites excluding steroid dienone is 1. The normalized spacial score (nSPS) is 15.1. The zero-order valence-electron chi connectivity index (χ0n) is 24.7. The Morgan fingerprint density at radius 2 is 1.55 bits per heavy atom. The van der Waals surface area contributed by atoms with E-state index in [-0.39, 0.29) is 11.7 Å². The molecule has 1 heterocycles. The molecule has 0 saturated heterocycles. The quantitative estimate of drug-likeness (QED) is 0.0756. The molecule has 0 spiro atoms. The van der Waals surface area contributed by atoms with E-state index >= 15 is 0 Å². The maximum Gasteiger partial charge on any atom is 0.261 e. The number of benzene rings is 3. The molecule has 3 aromatic carbocycles. The first-order valence-electron chi connectivity index (χ1n) is 15.1. The highest BCUT2D eigenvalue weighted by atomic mass is 16.5. The zero-order valence-corrected chi connectivity index (χ0v) is 24.7. The van der Waals surface area contributed by atoms with E-state index in [2.05, 4.69) is 17.0 Å². The molecular weight excluding hydrogens is 522 g/mol. The average molecular weight is 564 g/mol. The molecule has 0 aliphatic carbocycles. The van der Waals surface area contributed by atoms with Crippen molar-refractivity contribution in [2.75, 3.05) is 11.6 Å². The smallest absolute Gasteiger partial charge is 0.261 e. The van der Waals surface area contributed by atoms with Gasteiger partial charge in [-0.1, -0.05) is 88.3 Å². The van der Waals surface area contributed by atoms with Gasteiger partial charge in [-0.2, -0.15) is 10.1 Å². The highest BCUT2D eigenvalue weighted by molar-refractivity contribution is 6.23. The number of aliphatic imine (C=N–C) groups is 1. The van der Waals surface area contributed by atoms with E-state index in [0.717, 1.165) is 30.0 Å². The number of carbonyl (C=O) groups is 2. The van der Waals surface area contributed by atoms with Gasteiger partial charge in [-0.25, -0.2) is 0 Å². The molecule has 1 aliphatic rings. The Morgan fingerprint density at radius 1 is 0.881 bits per heavy atom. The summed E-state index contributed by atoms with van der Waals surface area (Å²) < 4.78 is 5.87. The van der Waals surface area contributed by atoms with Crippen molar-refractivity contribution in [1.82, 2.24) is 0 Å². The van der Waals surface area contributed by atoms with Crippen LogP contribution in [0.4, 0.5) is 11.4 Å². The Balaban J connectivity index is 1.21. The second-order valence-corrected chi connectivity index (χ2v) is 10.6. The van der Waals surface area contributed by atoms with Gasteiger partial charge in [-0.05, 0) is 73.5 Å². The van der Waals surface area contributed by atoms with Gasteiger partial charge in [0.05, 0.1) is 23.7 Å². The molecule has 4 rings (SSSR count). The molecule has 6 heteroatoms. The number of rotatable bonds is 16. The standard InChI is InChI=1S/C36H41N3O3/c1-3-4-5-6-7-8-9-13-26-42-33-23-16-29(17-24-33)18-25-35(40)30-19-21-31(22-20-30)37-27-34-28(2)38-39(36(34)41)32-14-11-10-12-15-32/h10-12,14-25,27,34H,3-9,13,26H2,1-2H3/b25-18+,37-27?. The van der Waals surface area contributed by atoms with Crippen LogP contribution in [0.3, 0.4) is 0 Å². The Labute approximate surface area is 249 Å². The molecule has 1 atom stereocenters. The van der Waals surface area contributed by atoms with E-state index in [1.165, 1.54) is 50.0 Å². The second-order valence-electron chi connectivity index (χ2n) is 10.6. The van der Waals surface area contributed by atoms with Crippen LogP contribution in [0.1, 0.15) is 81.1 Å². The lowest BCUT2D eigenvalue weighted by Gasteiger charge is -2.12. The fourth-order valence-electron chi connectivity index (χ4n) is 4.75. The number of ketones is 1. The maximum atomic E-state index is 12.9. The van der Waals surface area contributed by atoms with Crippen molar-refractivity contribution >= 4 is 41.1 Å². The molecule has 0 N–H and O–H groups in total. The molecule has 0 saturated carbocycles. The van der Waals surface area contributed by atoms with Gasteiger partial charge >= 0.3 is 0 Å². The molecule has 1 aliphatic heterocycles. The predicted octanol–water partition coefficient (Wildman–Crippen LogP) is 8.84. The number of para-hydroxylation sites is 1. The minimum atomic E-state index is -0.517. The summed E-state index contributed by atoms with van der Waals surface area (Å²) in [6.07, 6.45) is 15.2. The summed E-state index contributed by atoms with van der Waals surface area (Å²) in [5.41, 5.74) is 3.59. The van der Waals surface area contributed by atoms with Crippen LogP contribution in [0.15, 0.2) is 95.0 Å². The number of hydrogen-bond acceptors (Lipinski definition) is 5. The topological polar surface area (TPSA) is 71.3 Å². The number of carbonyl (C=O) groups excluding carboxylic acids is 2. The summed E-state index contributed by atoms with van der Waals surface area (Å²) in [4.78, 5) is 30.0. The van der Waals surface area contributed by atoms with Crippen molar-refractivity contribution in [3.8, 4) is 5.75 Å². The van der Waals surface area contributed by atoms with Gasteiger partial charge in [0.25, 0.3) is 5.91 Å². The molecule has 1 unspecified atom stereocenters. The minimum absolute atomic E-state index is 0.0898. The van der Waals surface area contributed by atoms with Crippen LogP contribution in [-0.4, -0.2) is 30.2 Å². The number of ether oxygens (including phenoxy) is 1. The third-order valence-corrected chi connectivity index (χ3v) is 7.28. The Kier molecular flexibility index (Phi) is 11.8. The van der Waals surface area contributed by atoms with E-state index < -0.39 is 5.92 Å². The Morgan fingerprint density at radius 3 is 2.24 bits per heavy atom. The van der Waals surface area contributed by atoms with Crippen molar-refractivity contribution in [3.05, 3.63) is 96.1 Å². The monoisotopic (exact) mass is 563 g/mol. The fraction of sp³-hybridized carbons (Fsp3) is 0.333. The number of anilines is 1. The number of hydrazone groups is 1. The number of nitrogens with zero attached hydrogens (tertiary/aromatic N) is 3. The summed E-state index contributed by atoms with van der Waals surface area (Å²) in [6, 6.07) is 24.2. The molecule has 0 aromatic heterocycles. The third kappa shape index (κ3) is 9.10. The average Bonchev–Trinajstić information content (AvgIpc) is 3.31. The molecule has 0 bridgehead atoms. The van der Waals surface area contributed by atoms with Crippen LogP contribution in [0.5, 0.6) is 5.75 Å². The molecule has 42 heavy (non-hydrogen) atoms. The largest absolute Gasteiger partial charge is 0.494 e. The van der Waals surface area contributed by atoms with Gasteiger partial charge in [-0.15, -0.1) is 0 Å². The molecule has 0 radical (unpaired) electrons. The third-order valence-electron chi connectivity index (χ3n) is 7.28. The summed E-state index contributed by atoms with van der Waals surface area (Å²) >= 11 is 0. The highest BCUT2D eigenvalue weighted by Gasteiger charge is 2.33.